The number of ether oxygens (including phenoxy) is 1. The Morgan fingerprint density at radius 1 is 1.30 bits per heavy atom. The molecule has 0 bridgehead atoms. The normalized spacial score (nSPS) is 14.3. The second-order valence-corrected chi connectivity index (χ2v) is 7.87. The van der Waals surface area contributed by atoms with Crippen LogP contribution in [0, 0.1) is 5.82 Å². The van der Waals surface area contributed by atoms with Gasteiger partial charge in [0.1, 0.15) is 5.82 Å². The fourth-order valence-corrected chi connectivity index (χ4v) is 2.69. The van der Waals surface area contributed by atoms with Gasteiger partial charge in [0, 0.05) is 16.4 Å². The Bertz CT molecular complexity index is 506. The van der Waals surface area contributed by atoms with Gasteiger partial charge >= 0.3 is 5.97 Å². The lowest BCUT2D eigenvalue weighted by Gasteiger charge is -2.25. The molecule has 1 rings (SSSR count). The molecule has 0 aromatic heterocycles. The molecule has 0 spiro atoms. The minimum atomic E-state index is -1.69. The van der Waals surface area contributed by atoms with Crippen molar-refractivity contribution in [3.63, 3.8) is 0 Å². The van der Waals surface area contributed by atoms with Gasteiger partial charge in [0.2, 0.25) is 0 Å². The van der Waals surface area contributed by atoms with Crippen molar-refractivity contribution in [2.75, 3.05) is 6.61 Å². The third-order valence-corrected chi connectivity index (χ3v) is 4.05. The smallest absolute Gasteiger partial charge is 0.340 e. The van der Waals surface area contributed by atoms with Gasteiger partial charge in [0.15, 0.2) is 6.17 Å². The molecule has 130 valence electrons. The summed E-state index contributed by atoms with van der Waals surface area (Å²) in [5.74, 6) is -1.20. The van der Waals surface area contributed by atoms with E-state index in [1.54, 1.807) is 25.1 Å². The van der Waals surface area contributed by atoms with Crippen LogP contribution in [0.15, 0.2) is 24.3 Å². The van der Waals surface area contributed by atoms with Gasteiger partial charge in [-0.15, -0.1) is 0 Å². The Labute approximate surface area is 141 Å². The van der Waals surface area contributed by atoms with Crippen LogP contribution in [0.5, 0.6) is 0 Å². The maximum absolute atomic E-state index is 14.0. The monoisotopic (exact) mass is 345 g/mol. The van der Waals surface area contributed by atoms with Crippen molar-refractivity contribution in [3.8, 4) is 0 Å². The number of carbonyl (C=O) groups excluding carboxylic acids is 1. The zero-order valence-electron chi connectivity index (χ0n) is 14.1. The van der Waals surface area contributed by atoms with Crippen LogP contribution in [0.2, 0.25) is 0 Å². The molecular formula is C17H25F2NO2S. The number of rotatable bonds is 8. The summed E-state index contributed by atoms with van der Waals surface area (Å²) in [6, 6.07) is 6.03. The van der Waals surface area contributed by atoms with Crippen LogP contribution in [-0.2, 0) is 9.53 Å². The zero-order valence-corrected chi connectivity index (χ0v) is 14.9. The third-order valence-electron chi connectivity index (χ3n) is 3.04. The van der Waals surface area contributed by atoms with E-state index in [4.69, 9.17) is 0 Å². The van der Waals surface area contributed by atoms with E-state index in [2.05, 4.69) is 9.46 Å². The zero-order chi connectivity index (χ0) is 17.5. The second-order valence-electron chi connectivity index (χ2n) is 6.20. The third kappa shape index (κ3) is 7.31. The van der Waals surface area contributed by atoms with E-state index in [-0.39, 0.29) is 29.6 Å². The Balaban J connectivity index is 2.76. The van der Waals surface area contributed by atoms with Crippen molar-refractivity contribution in [1.29, 1.82) is 0 Å². The van der Waals surface area contributed by atoms with Crippen molar-refractivity contribution in [3.05, 3.63) is 35.6 Å². The lowest BCUT2D eigenvalue weighted by Crippen LogP contribution is -2.25. The summed E-state index contributed by atoms with van der Waals surface area (Å²) in [6.45, 7) is 7.86. The SMILES string of the molecule is CCOC(=O)C(F)CCC(NSC(C)(C)C)c1ccccc1F. The van der Waals surface area contributed by atoms with E-state index in [0.29, 0.717) is 12.0 Å². The molecule has 1 aromatic rings. The fraction of sp³-hybridized carbons (Fsp3) is 0.588. The molecule has 2 atom stereocenters. The average Bonchev–Trinajstić information content (AvgIpc) is 2.47. The van der Waals surface area contributed by atoms with Gasteiger partial charge in [-0.1, -0.05) is 30.1 Å². The molecule has 0 saturated heterocycles. The van der Waals surface area contributed by atoms with Crippen LogP contribution in [0.4, 0.5) is 8.78 Å². The average molecular weight is 345 g/mol. The first-order chi connectivity index (χ1) is 10.7. The molecule has 0 amide bonds. The van der Waals surface area contributed by atoms with Crippen molar-refractivity contribution in [2.24, 2.45) is 0 Å². The molecule has 23 heavy (non-hydrogen) atoms. The van der Waals surface area contributed by atoms with E-state index < -0.39 is 12.1 Å². The molecule has 0 saturated carbocycles. The molecule has 0 aliphatic heterocycles. The predicted molar refractivity (Wildman–Crippen MR) is 90.4 cm³/mol. The maximum Gasteiger partial charge on any atom is 0.340 e. The van der Waals surface area contributed by atoms with Gasteiger partial charge in [0.25, 0.3) is 0 Å². The predicted octanol–water partition coefficient (Wildman–Crippen LogP) is 4.58. The molecule has 2 unspecified atom stereocenters. The van der Waals surface area contributed by atoms with Gasteiger partial charge in [-0.05, 0) is 46.6 Å². The molecule has 0 aliphatic carbocycles. The Hall–Kier alpha value is -1.14. The Kier molecular flexibility index (Phi) is 7.99. The van der Waals surface area contributed by atoms with E-state index in [1.807, 2.05) is 20.8 Å². The van der Waals surface area contributed by atoms with Crippen molar-refractivity contribution < 1.29 is 18.3 Å². The highest BCUT2D eigenvalue weighted by atomic mass is 32.2. The van der Waals surface area contributed by atoms with E-state index in [9.17, 15) is 13.6 Å². The van der Waals surface area contributed by atoms with Crippen LogP contribution in [0.25, 0.3) is 0 Å². The highest BCUT2D eigenvalue weighted by Crippen LogP contribution is 2.29. The minimum Gasteiger partial charge on any atom is -0.464 e. The molecule has 0 heterocycles. The Morgan fingerprint density at radius 2 is 1.96 bits per heavy atom. The lowest BCUT2D eigenvalue weighted by atomic mass is 10.0. The number of carbonyl (C=O) groups is 1. The van der Waals surface area contributed by atoms with Crippen LogP contribution in [-0.4, -0.2) is 23.5 Å². The summed E-state index contributed by atoms with van der Waals surface area (Å²) >= 11 is 1.46. The van der Waals surface area contributed by atoms with Gasteiger partial charge < -0.3 is 4.74 Å². The summed E-state index contributed by atoms with van der Waals surface area (Å²) in [6.07, 6.45) is -1.41. The number of hydrogen-bond donors (Lipinski definition) is 1. The van der Waals surface area contributed by atoms with Crippen molar-refractivity contribution >= 4 is 17.9 Å². The van der Waals surface area contributed by atoms with Gasteiger partial charge in [-0.25, -0.2) is 13.6 Å². The van der Waals surface area contributed by atoms with E-state index >= 15 is 0 Å². The lowest BCUT2D eigenvalue weighted by molar-refractivity contribution is -0.149. The number of alkyl halides is 1. The molecular weight excluding hydrogens is 320 g/mol. The summed E-state index contributed by atoms with van der Waals surface area (Å²) in [5, 5.41) is 0. The first-order valence-electron chi connectivity index (χ1n) is 7.73. The first kappa shape index (κ1) is 19.9. The van der Waals surface area contributed by atoms with Crippen LogP contribution in [0.3, 0.4) is 0 Å². The summed E-state index contributed by atoms with van der Waals surface area (Å²) in [5.41, 5.74) is 0.473. The molecule has 1 aromatic carbocycles. The topological polar surface area (TPSA) is 38.3 Å². The Morgan fingerprint density at radius 3 is 2.52 bits per heavy atom. The molecule has 6 heteroatoms. The van der Waals surface area contributed by atoms with E-state index in [0.717, 1.165) is 0 Å². The van der Waals surface area contributed by atoms with Crippen molar-refractivity contribution in [2.45, 2.75) is 57.5 Å². The number of hydrogen-bond acceptors (Lipinski definition) is 4. The van der Waals surface area contributed by atoms with Gasteiger partial charge in [0.05, 0.1) is 6.61 Å². The van der Waals surface area contributed by atoms with Crippen LogP contribution < -0.4 is 4.72 Å². The summed E-state index contributed by atoms with van der Waals surface area (Å²) < 4.78 is 35.7. The highest BCUT2D eigenvalue weighted by Gasteiger charge is 2.24. The summed E-state index contributed by atoms with van der Waals surface area (Å²) in [4.78, 5) is 11.4. The number of halogens is 2. The highest BCUT2D eigenvalue weighted by molar-refractivity contribution is 7.98. The molecule has 1 N–H and O–H groups in total. The largest absolute Gasteiger partial charge is 0.464 e. The quantitative estimate of drug-likeness (QED) is 0.553. The molecule has 3 nitrogen and oxygen atoms in total. The number of nitrogens with one attached hydrogen (secondary N) is 1. The van der Waals surface area contributed by atoms with Gasteiger partial charge in [-0.2, -0.15) is 0 Å². The maximum atomic E-state index is 14.0. The van der Waals surface area contributed by atoms with Gasteiger partial charge in [-0.3, -0.25) is 4.72 Å². The molecule has 0 aliphatic rings. The van der Waals surface area contributed by atoms with Crippen LogP contribution in [0.1, 0.15) is 52.1 Å². The first-order valence-corrected chi connectivity index (χ1v) is 8.55. The second kappa shape index (κ2) is 9.23. The summed E-state index contributed by atoms with van der Waals surface area (Å²) in [7, 11) is 0. The standard InChI is InChI=1S/C17H25F2NO2S/c1-5-22-16(21)14(19)10-11-15(20-23-17(2,3)4)12-8-6-7-9-13(12)18/h6-9,14-15,20H,5,10-11H2,1-4H3. The van der Waals surface area contributed by atoms with Crippen LogP contribution >= 0.6 is 11.9 Å². The molecule has 0 fully saturated rings. The van der Waals surface area contributed by atoms with E-state index in [1.165, 1.54) is 18.0 Å². The number of esters is 1. The fourth-order valence-electron chi connectivity index (χ4n) is 1.95. The van der Waals surface area contributed by atoms with Crippen molar-refractivity contribution in [1.82, 2.24) is 4.72 Å². The number of benzene rings is 1. The minimum absolute atomic E-state index is 0.0183. The molecule has 0 radical (unpaired) electrons.